The third-order valence-corrected chi connectivity index (χ3v) is 6.09. The maximum Gasteiger partial charge on any atom is 0.303 e. The number of para-hydroxylation sites is 1. The summed E-state index contributed by atoms with van der Waals surface area (Å²) in [7, 11) is 0. The first kappa shape index (κ1) is 21.5. The highest BCUT2D eigenvalue weighted by molar-refractivity contribution is 7.19. The molecule has 0 saturated heterocycles. The van der Waals surface area contributed by atoms with Gasteiger partial charge in [-0.3, -0.25) is 9.59 Å². The van der Waals surface area contributed by atoms with Crippen molar-refractivity contribution in [2.45, 2.75) is 19.8 Å². The summed E-state index contributed by atoms with van der Waals surface area (Å²) in [6, 6.07) is 22.8. The van der Waals surface area contributed by atoms with E-state index < -0.39 is 5.97 Å². The number of amides is 1. The third-order valence-electron chi connectivity index (χ3n) is 4.98. The second kappa shape index (κ2) is 9.58. The van der Waals surface area contributed by atoms with Crippen molar-refractivity contribution in [3.05, 3.63) is 94.5 Å². The Bertz CT molecular complexity index is 1270. The lowest BCUT2D eigenvalue weighted by Crippen LogP contribution is -2.11. The number of hydrogen-bond donors (Lipinski definition) is 2. The van der Waals surface area contributed by atoms with Gasteiger partial charge in [0.25, 0.3) is 5.91 Å². The molecule has 4 rings (SSSR count). The Hall–Kier alpha value is -3.77. The molecule has 0 bridgehead atoms. The Morgan fingerprint density at radius 3 is 2.53 bits per heavy atom. The molecule has 1 aromatic heterocycles. The van der Waals surface area contributed by atoms with Gasteiger partial charge in [0.15, 0.2) is 0 Å². The number of carbonyl (C=O) groups excluding carboxylic acids is 1. The maximum absolute atomic E-state index is 12.6. The van der Waals surface area contributed by atoms with Crippen LogP contribution in [0.1, 0.15) is 39.3 Å². The van der Waals surface area contributed by atoms with Gasteiger partial charge in [0, 0.05) is 17.7 Å². The molecule has 0 unspecified atom stereocenters. The molecule has 1 heterocycles. The second-order valence-electron chi connectivity index (χ2n) is 7.50. The van der Waals surface area contributed by atoms with Crippen molar-refractivity contribution < 1.29 is 14.7 Å². The molecule has 6 heteroatoms. The number of aliphatic carboxylic acids is 1. The van der Waals surface area contributed by atoms with Gasteiger partial charge in [-0.15, -0.1) is 11.3 Å². The van der Waals surface area contributed by atoms with Crippen LogP contribution in [0.4, 0.5) is 5.69 Å². The Balaban J connectivity index is 1.61. The van der Waals surface area contributed by atoms with Crippen LogP contribution in [-0.4, -0.2) is 22.0 Å². The van der Waals surface area contributed by atoms with E-state index in [1.54, 1.807) is 23.5 Å². The Labute approximate surface area is 190 Å². The first-order valence-corrected chi connectivity index (χ1v) is 11.1. The molecule has 0 aliphatic heterocycles. The summed E-state index contributed by atoms with van der Waals surface area (Å²) >= 11 is 1.55. The van der Waals surface area contributed by atoms with E-state index in [-0.39, 0.29) is 12.3 Å². The molecule has 3 aromatic carbocycles. The summed E-state index contributed by atoms with van der Waals surface area (Å²) in [6.45, 7) is 1.98. The van der Waals surface area contributed by atoms with Gasteiger partial charge >= 0.3 is 5.97 Å². The number of carboxylic acid groups (broad SMARTS) is 1. The topological polar surface area (TPSA) is 79.3 Å². The minimum Gasteiger partial charge on any atom is -0.481 e. The van der Waals surface area contributed by atoms with E-state index in [1.807, 2.05) is 73.7 Å². The highest BCUT2D eigenvalue weighted by atomic mass is 32.1. The maximum atomic E-state index is 12.6. The molecule has 2 N–H and O–H groups in total. The van der Waals surface area contributed by atoms with E-state index >= 15 is 0 Å². The number of allylic oxidation sites excluding steroid dienone is 1. The molecular formula is C26H22N2O3S. The number of rotatable bonds is 7. The molecule has 0 fully saturated rings. The molecule has 0 atom stereocenters. The lowest BCUT2D eigenvalue weighted by molar-refractivity contribution is -0.136. The summed E-state index contributed by atoms with van der Waals surface area (Å²) < 4.78 is 1.06. The van der Waals surface area contributed by atoms with Crippen molar-refractivity contribution in [2.24, 2.45) is 0 Å². The highest BCUT2D eigenvalue weighted by Crippen LogP contribution is 2.31. The molecule has 4 aromatic rings. The first-order valence-electron chi connectivity index (χ1n) is 10.2. The van der Waals surface area contributed by atoms with Crippen LogP contribution in [0.2, 0.25) is 0 Å². The van der Waals surface area contributed by atoms with Gasteiger partial charge in [-0.05, 0) is 67.0 Å². The molecule has 32 heavy (non-hydrogen) atoms. The number of carbonyl (C=O) groups is 2. The van der Waals surface area contributed by atoms with E-state index in [4.69, 9.17) is 4.98 Å². The number of carboxylic acids is 1. The van der Waals surface area contributed by atoms with E-state index in [9.17, 15) is 14.7 Å². The largest absolute Gasteiger partial charge is 0.481 e. The molecule has 0 saturated carbocycles. The fraction of sp³-hybridized carbons (Fsp3) is 0.115. The zero-order valence-electron chi connectivity index (χ0n) is 17.5. The number of nitrogens with zero attached hydrogens (tertiary/aromatic N) is 1. The smallest absolute Gasteiger partial charge is 0.303 e. The first-order chi connectivity index (χ1) is 15.5. The lowest BCUT2D eigenvalue weighted by atomic mass is 10.1. The van der Waals surface area contributed by atoms with E-state index in [0.29, 0.717) is 17.7 Å². The number of aryl methyl sites for hydroxylation is 1. The fourth-order valence-electron chi connectivity index (χ4n) is 3.31. The van der Waals surface area contributed by atoms with Crippen molar-refractivity contribution in [3.63, 3.8) is 0 Å². The van der Waals surface area contributed by atoms with Crippen molar-refractivity contribution in [2.75, 3.05) is 5.32 Å². The number of benzene rings is 3. The molecule has 0 aliphatic rings. The number of anilines is 1. The fourth-order valence-corrected chi connectivity index (χ4v) is 4.32. The Morgan fingerprint density at radius 2 is 1.78 bits per heavy atom. The zero-order valence-corrected chi connectivity index (χ0v) is 18.4. The predicted molar refractivity (Wildman–Crippen MR) is 130 cm³/mol. The number of hydrogen-bond acceptors (Lipinski definition) is 4. The average molecular weight is 443 g/mol. The summed E-state index contributed by atoms with van der Waals surface area (Å²) in [4.78, 5) is 28.4. The van der Waals surface area contributed by atoms with Crippen LogP contribution in [0.3, 0.4) is 0 Å². The predicted octanol–water partition coefficient (Wildman–Crippen LogP) is 6.26. The van der Waals surface area contributed by atoms with Crippen molar-refractivity contribution in [3.8, 4) is 0 Å². The van der Waals surface area contributed by atoms with Gasteiger partial charge in [0.2, 0.25) is 0 Å². The molecule has 0 spiro atoms. The molecule has 0 radical (unpaired) electrons. The van der Waals surface area contributed by atoms with Gasteiger partial charge < -0.3 is 10.4 Å². The minimum atomic E-state index is -0.851. The van der Waals surface area contributed by atoms with Crippen molar-refractivity contribution in [1.29, 1.82) is 0 Å². The number of thiazole rings is 1. The zero-order chi connectivity index (χ0) is 22.5. The SMILES string of the molecule is Cc1ccc(C(=O)Nc2cccc(/C=C(\CCC(=O)O)c3nc4ccccc4s3)c2)cc1. The van der Waals surface area contributed by atoms with Crippen LogP contribution in [-0.2, 0) is 4.79 Å². The van der Waals surface area contributed by atoms with Gasteiger partial charge in [-0.2, -0.15) is 0 Å². The number of fused-ring (bicyclic) bond motifs is 1. The van der Waals surface area contributed by atoms with Crippen LogP contribution in [0.15, 0.2) is 72.8 Å². The standard InChI is InChI=1S/C26H22N2O3S/c1-17-9-11-19(12-10-17)25(31)27-21-6-4-5-18(16-21)15-20(13-14-24(29)30)26-28-22-7-2-3-8-23(22)32-26/h2-12,15-16H,13-14H2,1H3,(H,27,31)(H,29,30)/b20-15+. The molecular weight excluding hydrogens is 420 g/mol. The summed E-state index contributed by atoms with van der Waals surface area (Å²) in [5.41, 5.74) is 4.98. The van der Waals surface area contributed by atoms with Gasteiger partial charge in [0.05, 0.1) is 10.2 Å². The van der Waals surface area contributed by atoms with Crippen LogP contribution in [0.25, 0.3) is 21.9 Å². The summed E-state index contributed by atoms with van der Waals surface area (Å²) in [5.74, 6) is -1.03. The van der Waals surface area contributed by atoms with Crippen molar-refractivity contribution in [1.82, 2.24) is 4.98 Å². The number of nitrogens with one attached hydrogen (secondary N) is 1. The monoisotopic (exact) mass is 442 g/mol. The third kappa shape index (κ3) is 5.28. The normalized spacial score (nSPS) is 11.5. The van der Waals surface area contributed by atoms with E-state index in [2.05, 4.69) is 5.32 Å². The van der Waals surface area contributed by atoms with E-state index in [0.717, 1.165) is 31.9 Å². The summed E-state index contributed by atoms with van der Waals surface area (Å²) in [6.07, 6.45) is 2.34. The van der Waals surface area contributed by atoms with Crippen LogP contribution in [0.5, 0.6) is 0 Å². The number of aromatic nitrogens is 1. The quantitative estimate of drug-likeness (QED) is 0.354. The van der Waals surface area contributed by atoms with Gasteiger partial charge in [-0.1, -0.05) is 42.0 Å². The van der Waals surface area contributed by atoms with Gasteiger partial charge in [0.1, 0.15) is 5.01 Å². The van der Waals surface area contributed by atoms with Crippen LogP contribution < -0.4 is 5.32 Å². The van der Waals surface area contributed by atoms with Gasteiger partial charge in [-0.25, -0.2) is 4.98 Å². The Morgan fingerprint density at radius 1 is 1.00 bits per heavy atom. The highest BCUT2D eigenvalue weighted by Gasteiger charge is 2.12. The Kier molecular flexibility index (Phi) is 6.42. The molecule has 160 valence electrons. The minimum absolute atomic E-state index is 0.0195. The average Bonchev–Trinajstić information content (AvgIpc) is 3.21. The van der Waals surface area contributed by atoms with Crippen molar-refractivity contribution >= 4 is 50.8 Å². The van der Waals surface area contributed by atoms with Crippen LogP contribution in [0, 0.1) is 6.92 Å². The lowest BCUT2D eigenvalue weighted by Gasteiger charge is -2.08. The van der Waals surface area contributed by atoms with E-state index in [1.165, 1.54) is 0 Å². The molecule has 0 aliphatic carbocycles. The second-order valence-corrected chi connectivity index (χ2v) is 8.53. The van der Waals surface area contributed by atoms with Crippen LogP contribution >= 0.6 is 11.3 Å². The summed E-state index contributed by atoms with van der Waals surface area (Å²) in [5, 5.41) is 12.9. The molecule has 1 amide bonds. The molecule has 5 nitrogen and oxygen atoms in total.